The standard InChI is InChI=1S/C15H16F2N2OS/c1-20-15-7-4-11(17)8-13(15)14(19-18)9-21-12-5-2-10(16)3-6-12/h2-8,14,19H,9,18H2,1H3. The topological polar surface area (TPSA) is 47.3 Å². The van der Waals surface area contributed by atoms with Crippen molar-refractivity contribution in [2.75, 3.05) is 12.9 Å². The molecule has 2 aromatic rings. The fourth-order valence-corrected chi connectivity index (χ4v) is 2.88. The smallest absolute Gasteiger partial charge is 0.123 e. The van der Waals surface area contributed by atoms with Crippen molar-refractivity contribution >= 4 is 11.8 Å². The van der Waals surface area contributed by atoms with E-state index in [0.29, 0.717) is 17.1 Å². The van der Waals surface area contributed by atoms with E-state index in [4.69, 9.17) is 10.6 Å². The van der Waals surface area contributed by atoms with Crippen LogP contribution in [0.25, 0.3) is 0 Å². The van der Waals surface area contributed by atoms with E-state index in [1.807, 2.05) is 0 Å². The first kappa shape index (κ1) is 15.8. The van der Waals surface area contributed by atoms with Crippen molar-refractivity contribution < 1.29 is 13.5 Å². The molecule has 2 aromatic carbocycles. The van der Waals surface area contributed by atoms with Crippen molar-refractivity contribution in [3.8, 4) is 5.75 Å². The van der Waals surface area contributed by atoms with Crippen molar-refractivity contribution in [1.82, 2.24) is 5.43 Å². The number of benzene rings is 2. The second kappa shape index (κ2) is 7.40. The zero-order valence-electron chi connectivity index (χ0n) is 11.5. The Morgan fingerprint density at radius 1 is 1.14 bits per heavy atom. The number of hydrogen-bond donors (Lipinski definition) is 2. The molecule has 6 heteroatoms. The molecular weight excluding hydrogens is 294 g/mol. The third kappa shape index (κ3) is 4.17. The van der Waals surface area contributed by atoms with Gasteiger partial charge < -0.3 is 4.74 Å². The lowest BCUT2D eigenvalue weighted by Crippen LogP contribution is -2.30. The van der Waals surface area contributed by atoms with Gasteiger partial charge in [-0.25, -0.2) is 8.78 Å². The maximum Gasteiger partial charge on any atom is 0.123 e. The summed E-state index contributed by atoms with van der Waals surface area (Å²) >= 11 is 1.49. The van der Waals surface area contributed by atoms with Crippen LogP contribution in [0, 0.1) is 11.6 Å². The zero-order chi connectivity index (χ0) is 15.2. The second-order valence-electron chi connectivity index (χ2n) is 4.37. The second-order valence-corrected chi connectivity index (χ2v) is 5.46. The Morgan fingerprint density at radius 3 is 2.43 bits per heavy atom. The quantitative estimate of drug-likeness (QED) is 0.488. The van der Waals surface area contributed by atoms with Crippen molar-refractivity contribution in [2.45, 2.75) is 10.9 Å². The molecule has 3 N–H and O–H groups in total. The normalized spacial score (nSPS) is 12.2. The molecule has 3 nitrogen and oxygen atoms in total. The lowest BCUT2D eigenvalue weighted by molar-refractivity contribution is 0.401. The Balaban J connectivity index is 2.12. The van der Waals surface area contributed by atoms with Gasteiger partial charge in [0.15, 0.2) is 0 Å². The molecule has 0 aliphatic rings. The number of methoxy groups -OCH3 is 1. The third-order valence-corrected chi connectivity index (χ3v) is 4.10. The van der Waals surface area contributed by atoms with E-state index in [1.54, 1.807) is 18.2 Å². The fourth-order valence-electron chi connectivity index (χ4n) is 1.92. The number of hydrogen-bond acceptors (Lipinski definition) is 4. The van der Waals surface area contributed by atoms with Crippen LogP contribution in [0.1, 0.15) is 11.6 Å². The summed E-state index contributed by atoms with van der Waals surface area (Å²) in [5.41, 5.74) is 3.31. The van der Waals surface area contributed by atoms with Gasteiger partial charge in [0.05, 0.1) is 13.2 Å². The number of halogens is 2. The Hall–Kier alpha value is -1.63. The highest BCUT2D eigenvalue weighted by Gasteiger charge is 2.16. The molecule has 1 unspecified atom stereocenters. The van der Waals surface area contributed by atoms with Gasteiger partial charge in [-0.15, -0.1) is 11.8 Å². The lowest BCUT2D eigenvalue weighted by Gasteiger charge is -2.19. The third-order valence-electron chi connectivity index (χ3n) is 3.00. The van der Waals surface area contributed by atoms with E-state index in [-0.39, 0.29) is 17.7 Å². The predicted octanol–water partition coefficient (Wildman–Crippen LogP) is 3.27. The van der Waals surface area contributed by atoms with Crippen LogP contribution >= 0.6 is 11.8 Å². The largest absolute Gasteiger partial charge is 0.496 e. The van der Waals surface area contributed by atoms with E-state index in [1.165, 1.54) is 43.1 Å². The highest BCUT2D eigenvalue weighted by Crippen LogP contribution is 2.30. The summed E-state index contributed by atoms with van der Waals surface area (Å²) in [5.74, 6) is 6.06. The number of hydrazine groups is 1. The molecule has 0 radical (unpaired) electrons. The Bertz CT molecular complexity index is 593. The molecular formula is C15H16F2N2OS. The summed E-state index contributed by atoms with van der Waals surface area (Å²) in [6.07, 6.45) is 0. The van der Waals surface area contributed by atoms with Gasteiger partial charge in [0, 0.05) is 16.2 Å². The van der Waals surface area contributed by atoms with Crippen molar-refractivity contribution in [3.63, 3.8) is 0 Å². The molecule has 0 aliphatic heterocycles. The molecule has 0 bridgehead atoms. The average molecular weight is 310 g/mol. The van der Waals surface area contributed by atoms with Crippen molar-refractivity contribution in [3.05, 3.63) is 59.7 Å². The first-order valence-electron chi connectivity index (χ1n) is 6.32. The summed E-state index contributed by atoms with van der Waals surface area (Å²) in [4.78, 5) is 0.909. The van der Waals surface area contributed by atoms with E-state index in [9.17, 15) is 8.78 Å². The highest BCUT2D eigenvalue weighted by atomic mass is 32.2. The van der Waals surface area contributed by atoms with Crippen molar-refractivity contribution in [1.29, 1.82) is 0 Å². The van der Waals surface area contributed by atoms with Gasteiger partial charge in [-0.05, 0) is 42.5 Å². The molecule has 0 saturated carbocycles. The van der Waals surface area contributed by atoms with E-state index in [2.05, 4.69) is 5.43 Å². The Kier molecular flexibility index (Phi) is 5.55. The molecule has 0 aliphatic carbocycles. The number of nitrogens with two attached hydrogens (primary N) is 1. The molecule has 0 aromatic heterocycles. The van der Waals surface area contributed by atoms with Crippen LogP contribution in [0.15, 0.2) is 47.4 Å². The van der Waals surface area contributed by atoms with Gasteiger partial charge in [0.1, 0.15) is 17.4 Å². The van der Waals surface area contributed by atoms with Gasteiger partial charge in [-0.3, -0.25) is 11.3 Å². The fraction of sp³-hybridized carbons (Fsp3) is 0.200. The maximum atomic E-state index is 13.4. The highest BCUT2D eigenvalue weighted by molar-refractivity contribution is 7.99. The summed E-state index contributed by atoms with van der Waals surface area (Å²) in [6, 6.07) is 10.2. The number of ether oxygens (including phenoxy) is 1. The van der Waals surface area contributed by atoms with E-state index >= 15 is 0 Å². The van der Waals surface area contributed by atoms with Crippen LogP contribution in [0.2, 0.25) is 0 Å². The SMILES string of the molecule is COc1ccc(F)cc1C(CSc1ccc(F)cc1)NN. The molecule has 0 saturated heterocycles. The summed E-state index contributed by atoms with van der Waals surface area (Å²) < 4.78 is 31.5. The molecule has 0 amide bonds. The first-order valence-corrected chi connectivity index (χ1v) is 7.30. The lowest BCUT2D eigenvalue weighted by atomic mass is 10.1. The van der Waals surface area contributed by atoms with E-state index < -0.39 is 0 Å². The number of nitrogens with one attached hydrogen (secondary N) is 1. The molecule has 0 fully saturated rings. The van der Waals surface area contributed by atoms with Crippen molar-refractivity contribution in [2.24, 2.45) is 5.84 Å². The van der Waals surface area contributed by atoms with Gasteiger partial charge in [-0.2, -0.15) is 0 Å². The molecule has 0 heterocycles. The number of rotatable bonds is 6. The van der Waals surface area contributed by atoms with Crippen LogP contribution in [-0.2, 0) is 0 Å². The Morgan fingerprint density at radius 2 is 1.81 bits per heavy atom. The molecule has 21 heavy (non-hydrogen) atoms. The van der Waals surface area contributed by atoms with Crippen LogP contribution in [0.4, 0.5) is 8.78 Å². The Labute approximate surface area is 126 Å². The summed E-state index contributed by atoms with van der Waals surface area (Å²) in [6.45, 7) is 0. The average Bonchev–Trinajstić information content (AvgIpc) is 2.50. The van der Waals surface area contributed by atoms with Gasteiger partial charge in [0.25, 0.3) is 0 Å². The van der Waals surface area contributed by atoms with Gasteiger partial charge in [0.2, 0.25) is 0 Å². The monoisotopic (exact) mass is 310 g/mol. The van der Waals surface area contributed by atoms with Crippen LogP contribution < -0.4 is 16.0 Å². The summed E-state index contributed by atoms with van der Waals surface area (Å²) in [7, 11) is 1.53. The summed E-state index contributed by atoms with van der Waals surface area (Å²) in [5, 5.41) is 0. The molecule has 0 spiro atoms. The van der Waals surface area contributed by atoms with Gasteiger partial charge in [-0.1, -0.05) is 0 Å². The van der Waals surface area contributed by atoms with Crippen LogP contribution in [0.5, 0.6) is 5.75 Å². The van der Waals surface area contributed by atoms with Crippen LogP contribution in [-0.4, -0.2) is 12.9 Å². The molecule has 2 rings (SSSR count). The first-order chi connectivity index (χ1) is 10.1. The van der Waals surface area contributed by atoms with Gasteiger partial charge >= 0.3 is 0 Å². The zero-order valence-corrected chi connectivity index (χ0v) is 12.3. The minimum atomic E-state index is -0.349. The predicted molar refractivity (Wildman–Crippen MR) is 80.1 cm³/mol. The molecule has 1 atom stereocenters. The molecule has 112 valence electrons. The number of thioether (sulfide) groups is 1. The van der Waals surface area contributed by atoms with Crippen LogP contribution in [0.3, 0.4) is 0 Å². The minimum absolute atomic E-state index is 0.278. The van der Waals surface area contributed by atoms with E-state index in [0.717, 1.165) is 4.90 Å². The maximum absolute atomic E-state index is 13.4. The minimum Gasteiger partial charge on any atom is -0.496 e.